The molecule has 2 heterocycles. The Bertz CT molecular complexity index is 657. The molecule has 130 valence electrons. The number of nitrogens with one attached hydrogen (secondary N) is 1. The molecule has 6 heteroatoms. The van der Waals surface area contributed by atoms with E-state index in [0.717, 1.165) is 23.8 Å². The van der Waals surface area contributed by atoms with Crippen molar-refractivity contribution in [2.45, 2.75) is 61.9 Å². The fourth-order valence-corrected chi connectivity index (χ4v) is 3.89. The Morgan fingerprint density at radius 1 is 1.29 bits per heavy atom. The van der Waals surface area contributed by atoms with Crippen molar-refractivity contribution in [1.29, 1.82) is 0 Å². The first kappa shape index (κ1) is 17.1. The Hall–Kier alpha value is -1.69. The topological polar surface area (TPSA) is 60.1 Å². The third-order valence-electron chi connectivity index (χ3n) is 4.45. The van der Waals surface area contributed by atoms with Gasteiger partial charge in [0.15, 0.2) is 10.9 Å². The number of furan rings is 1. The second kappa shape index (κ2) is 8.42. The molecule has 24 heavy (non-hydrogen) atoms. The molecule has 0 bridgehead atoms. The zero-order chi connectivity index (χ0) is 16.8. The normalized spacial score (nSPS) is 16.5. The summed E-state index contributed by atoms with van der Waals surface area (Å²) < 4.78 is 7.68. The highest BCUT2D eigenvalue weighted by Crippen LogP contribution is 2.22. The second-order valence-corrected chi connectivity index (χ2v) is 7.33. The van der Waals surface area contributed by atoms with E-state index in [-0.39, 0.29) is 11.9 Å². The molecule has 1 N–H and O–H groups in total. The van der Waals surface area contributed by atoms with Gasteiger partial charge in [-0.3, -0.25) is 4.79 Å². The van der Waals surface area contributed by atoms with Crippen LogP contribution in [0.2, 0.25) is 0 Å². The number of nitrogens with zero attached hydrogens (tertiary/aromatic N) is 2. The highest BCUT2D eigenvalue weighted by molar-refractivity contribution is 7.98. The summed E-state index contributed by atoms with van der Waals surface area (Å²) in [6.45, 7) is 0. The van der Waals surface area contributed by atoms with Crippen LogP contribution in [0.25, 0.3) is 0 Å². The minimum Gasteiger partial charge on any atom is -0.455 e. The molecular weight excluding hydrogens is 322 g/mol. The van der Waals surface area contributed by atoms with Gasteiger partial charge in [-0.15, -0.1) is 0 Å². The van der Waals surface area contributed by atoms with Gasteiger partial charge in [-0.1, -0.05) is 43.9 Å². The molecule has 1 aliphatic carbocycles. The van der Waals surface area contributed by atoms with Crippen molar-refractivity contribution in [3.63, 3.8) is 0 Å². The van der Waals surface area contributed by atoms with Gasteiger partial charge >= 0.3 is 0 Å². The zero-order valence-electron chi connectivity index (χ0n) is 14.2. The summed E-state index contributed by atoms with van der Waals surface area (Å²) in [6.07, 6.45) is 12.1. The molecule has 1 fully saturated rings. The van der Waals surface area contributed by atoms with Crippen LogP contribution in [0.3, 0.4) is 0 Å². The summed E-state index contributed by atoms with van der Waals surface area (Å²) in [4.78, 5) is 16.7. The summed E-state index contributed by atoms with van der Waals surface area (Å²) in [6, 6.07) is 3.93. The minimum absolute atomic E-state index is 0.0891. The van der Waals surface area contributed by atoms with E-state index in [4.69, 9.17) is 4.42 Å². The number of thioether (sulfide) groups is 1. The number of carbonyl (C=O) groups excluding carboxylic acids is 1. The lowest BCUT2D eigenvalue weighted by Crippen LogP contribution is -2.35. The molecule has 0 aromatic carbocycles. The van der Waals surface area contributed by atoms with Crippen molar-refractivity contribution >= 4 is 17.7 Å². The molecule has 1 amide bonds. The van der Waals surface area contributed by atoms with E-state index in [0.29, 0.717) is 11.5 Å². The van der Waals surface area contributed by atoms with Crippen LogP contribution in [0, 0.1) is 0 Å². The first-order chi connectivity index (χ1) is 11.7. The van der Waals surface area contributed by atoms with Crippen LogP contribution in [0.1, 0.15) is 61.3 Å². The summed E-state index contributed by atoms with van der Waals surface area (Å²) in [5, 5.41) is 4.08. The smallest absolute Gasteiger partial charge is 0.287 e. The largest absolute Gasteiger partial charge is 0.455 e. The maximum absolute atomic E-state index is 12.4. The number of aromatic nitrogens is 2. The third kappa shape index (κ3) is 4.66. The van der Waals surface area contributed by atoms with E-state index in [1.807, 2.05) is 23.9 Å². The van der Waals surface area contributed by atoms with Crippen LogP contribution >= 0.6 is 11.8 Å². The summed E-state index contributed by atoms with van der Waals surface area (Å²) in [5.41, 5.74) is 0. The van der Waals surface area contributed by atoms with Crippen molar-refractivity contribution in [3.8, 4) is 0 Å². The summed E-state index contributed by atoms with van der Waals surface area (Å²) in [5.74, 6) is 1.79. The van der Waals surface area contributed by atoms with Crippen molar-refractivity contribution in [2.24, 2.45) is 7.05 Å². The number of aryl methyl sites for hydroxylation is 1. The number of hydrogen-bond acceptors (Lipinski definition) is 4. The molecule has 0 radical (unpaired) electrons. The van der Waals surface area contributed by atoms with Crippen LogP contribution < -0.4 is 5.32 Å². The lowest BCUT2D eigenvalue weighted by Gasteiger charge is -2.20. The SMILES string of the molecule is Cn1ccnc1SCc1ccc(C(=O)NC2CCCCCCC2)o1. The van der Waals surface area contributed by atoms with Gasteiger partial charge in [0.05, 0.1) is 5.75 Å². The Labute approximate surface area is 147 Å². The molecule has 5 nitrogen and oxygen atoms in total. The monoisotopic (exact) mass is 347 g/mol. The van der Waals surface area contributed by atoms with Crippen molar-refractivity contribution in [3.05, 3.63) is 36.0 Å². The van der Waals surface area contributed by atoms with Crippen LogP contribution in [0.4, 0.5) is 0 Å². The predicted octanol–water partition coefficient (Wildman–Crippen LogP) is 4.15. The Kier molecular flexibility index (Phi) is 6.01. The molecule has 0 unspecified atom stereocenters. The molecule has 0 atom stereocenters. The molecule has 1 aliphatic rings. The van der Waals surface area contributed by atoms with E-state index >= 15 is 0 Å². The maximum atomic E-state index is 12.4. The first-order valence-corrected chi connectivity index (χ1v) is 9.70. The molecule has 2 aromatic rings. The minimum atomic E-state index is -0.0891. The summed E-state index contributed by atoms with van der Waals surface area (Å²) >= 11 is 1.60. The van der Waals surface area contributed by atoms with Crippen LogP contribution in [-0.2, 0) is 12.8 Å². The van der Waals surface area contributed by atoms with E-state index in [2.05, 4.69) is 10.3 Å². The third-order valence-corrected chi connectivity index (χ3v) is 5.53. The van der Waals surface area contributed by atoms with Crippen LogP contribution in [0.5, 0.6) is 0 Å². The lowest BCUT2D eigenvalue weighted by atomic mass is 9.97. The molecular formula is C18H25N3O2S. The average molecular weight is 347 g/mol. The standard InChI is InChI=1S/C18H25N3O2S/c1-21-12-11-19-18(21)24-13-15-9-10-16(23-15)17(22)20-14-7-5-3-2-4-6-8-14/h9-12,14H,2-8,13H2,1H3,(H,20,22). The highest BCUT2D eigenvalue weighted by Gasteiger charge is 2.17. The van der Waals surface area contributed by atoms with Crippen LogP contribution in [0.15, 0.2) is 34.1 Å². The van der Waals surface area contributed by atoms with E-state index in [9.17, 15) is 4.79 Å². The molecule has 3 rings (SSSR count). The molecule has 0 spiro atoms. The fourth-order valence-electron chi connectivity index (χ4n) is 3.06. The van der Waals surface area contributed by atoms with Gasteiger partial charge in [0.25, 0.3) is 5.91 Å². The highest BCUT2D eigenvalue weighted by atomic mass is 32.2. The van der Waals surface area contributed by atoms with Crippen molar-refractivity contribution in [1.82, 2.24) is 14.9 Å². The molecule has 0 saturated heterocycles. The van der Waals surface area contributed by atoms with E-state index in [1.54, 1.807) is 24.0 Å². The number of hydrogen-bond donors (Lipinski definition) is 1. The van der Waals surface area contributed by atoms with Gasteiger partial charge in [0.2, 0.25) is 0 Å². The first-order valence-electron chi connectivity index (χ1n) is 8.72. The average Bonchev–Trinajstić information content (AvgIpc) is 3.16. The van der Waals surface area contributed by atoms with Gasteiger partial charge in [0, 0.05) is 25.5 Å². The lowest BCUT2D eigenvalue weighted by molar-refractivity contribution is 0.0901. The zero-order valence-corrected chi connectivity index (χ0v) is 15.0. The van der Waals surface area contributed by atoms with Gasteiger partial charge < -0.3 is 14.3 Å². The molecule has 2 aromatic heterocycles. The number of rotatable bonds is 5. The molecule has 1 saturated carbocycles. The van der Waals surface area contributed by atoms with Gasteiger partial charge in [-0.05, 0) is 25.0 Å². The summed E-state index contributed by atoms with van der Waals surface area (Å²) in [7, 11) is 1.96. The maximum Gasteiger partial charge on any atom is 0.287 e. The predicted molar refractivity (Wildman–Crippen MR) is 95.1 cm³/mol. The Morgan fingerprint density at radius 2 is 2.04 bits per heavy atom. The molecule has 0 aliphatic heterocycles. The fraction of sp³-hybridized carbons (Fsp3) is 0.556. The number of amides is 1. The quantitative estimate of drug-likeness (QED) is 0.826. The van der Waals surface area contributed by atoms with Gasteiger partial charge in [-0.25, -0.2) is 4.98 Å². The van der Waals surface area contributed by atoms with Crippen molar-refractivity contribution in [2.75, 3.05) is 0 Å². The van der Waals surface area contributed by atoms with Crippen LogP contribution in [-0.4, -0.2) is 21.5 Å². The Morgan fingerprint density at radius 3 is 2.75 bits per heavy atom. The van der Waals surface area contributed by atoms with Gasteiger partial charge in [0.1, 0.15) is 5.76 Å². The van der Waals surface area contributed by atoms with E-state index < -0.39 is 0 Å². The number of carbonyl (C=O) groups is 1. The number of imidazole rings is 1. The second-order valence-electron chi connectivity index (χ2n) is 6.39. The van der Waals surface area contributed by atoms with Crippen molar-refractivity contribution < 1.29 is 9.21 Å². The Balaban J connectivity index is 1.52. The van der Waals surface area contributed by atoms with E-state index in [1.165, 1.54) is 32.1 Å². The van der Waals surface area contributed by atoms with Gasteiger partial charge in [-0.2, -0.15) is 0 Å².